The third-order valence-electron chi connectivity index (χ3n) is 5.60. The quantitative estimate of drug-likeness (QED) is 0.336. The Hall–Kier alpha value is -3.42. The fraction of sp³-hybridized carbons (Fsp3) is 0.208. The van der Waals surface area contributed by atoms with Crippen molar-refractivity contribution in [1.29, 1.82) is 0 Å². The van der Waals surface area contributed by atoms with E-state index in [1.54, 1.807) is 6.33 Å². The van der Waals surface area contributed by atoms with Crippen LogP contribution in [-0.2, 0) is 0 Å². The molecule has 162 valence electrons. The molecule has 0 unspecified atom stereocenters. The highest BCUT2D eigenvalue weighted by molar-refractivity contribution is 6.30. The van der Waals surface area contributed by atoms with Crippen LogP contribution in [0.4, 0.5) is 17.2 Å². The molecular weight excluding hydrogens is 422 g/mol. The molecular formula is C24H24ClN7. The number of nitrogens with one attached hydrogen (secondary N) is 2. The summed E-state index contributed by atoms with van der Waals surface area (Å²) in [5.74, 6) is 0.730. The van der Waals surface area contributed by atoms with Crippen LogP contribution in [0.1, 0.15) is 0 Å². The summed E-state index contributed by atoms with van der Waals surface area (Å²) >= 11 is 6.11. The van der Waals surface area contributed by atoms with Crippen LogP contribution in [0, 0.1) is 0 Å². The van der Waals surface area contributed by atoms with Gasteiger partial charge in [-0.1, -0.05) is 29.8 Å². The SMILES string of the molecule is CN1CCN(C=Nc2ccc(-c3cc4c(Nc5cccc(Cl)c5)ncnc4[nH]3)cc2)CC1. The maximum absolute atomic E-state index is 6.11. The Kier molecular flexibility index (Phi) is 5.75. The van der Waals surface area contributed by atoms with Crippen LogP contribution in [0.3, 0.4) is 0 Å². The molecule has 32 heavy (non-hydrogen) atoms. The molecule has 0 atom stereocenters. The van der Waals surface area contributed by atoms with E-state index >= 15 is 0 Å². The minimum atomic E-state index is 0.672. The van der Waals surface area contributed by atoms with Crippen molar-refractivity contribution in [3.63, 3.8) is 0 Å². The normalized spacial score (nSPS) is 15.0. The minimum Gasteiger partial charge on any atom is -0.360 e. The second-order valence-corrected chi connectivity index (χ2v) is 8.37. The highest BCUT2D eigenvalue weighted by Gasteiger charge is 2.11. The predicted octanol–water partition coefficient (Wildman–Crippen LogP) is 4.93. The summed E-state index contributed by atoms with van der Waals surface area (Å²) < 4.78 is 0. The van der Waals surface area contributed by atoms with Crippen molar-refractivity contribution >= 4 is 46.2 Å². The number of likely N-dealkylation sites (N-methyl/N-ethyl adjacent to an activating group) is 1. The van der Waals surface area contributed by atoms with E-state index in [4.69, 9.17) is 11.6 Å². The largest absolute Gasteiger partial charge is 0.360 e. The van der Waals surface area contributed by atoms with Crippen molar-refractivity contribution in [2.75, 3.05) is 38.5 Å². The number of benzene rings is 2. The molecule has 5 rings (SSSR count). The Morgan fingerprint density at radius 2 is 1.84 bits per heavy atom. The molecule has 0 aliphatic carbocycles. The van der Waals surface area contributed by atoms with Gasteiger partial charge in [0.1, 0.15) is 17.8 Å². The number of rotatable bonds is 5. The Balaban J connectivity index is 1.34. The standard InChI is InChI=1S/C24H24ClN7/c1-31-9-11-32(12-10-31)16-28-19-7-5-17(6-8-19)22-14-21-23(26-15-27-24(21)30-22)29-20-4-2-3-18(25)13-20/h2-8,13-16H,9-12H2,1H3,(H2,26,27,29,30). The first kappa shape index (κ1) is 20.5. The summed E-state index contributed by atoms with van der Waals surface area (Å²) in [6.45, 7) is 4.17. The summed E-state index contributed by atoms with van der Waals surface area (Å²) in [6.07, 6.45) is 3.50. The number of hydrogen-bond donors (Lipinski definition) is 2. The van der Waals surface area contributed by atoms with Gasteiger partial charge in [-0.05, 0) is 49.0 Å². The van der Waals surface area contributed by atoms with Crippen LogP contribution in [0.15, 0.2) is 65.9 Å². The van der Waals surface area contributed by atoms with Crippen molar-refractivity contribution in [2.45, 2.75) is 0 Å². The molecule has 4 aromatic rings. The molecule has 3 heterocycles. The van der Waals surface area contributed by atoms with E-state index in [2.05, 4.69) is 60.3 Å². The zero-order valence-electron chi connectivity index (χ0n) is 17.8. The van der Waals surface area contributed by atoms with Crippen molar-refractivity contribution in [2.24, 2.45) is 4.99 Å². The lowest BCUT2D eigenvalue weighted by Gasteiger charge is -2.30. The predicted molar refractivity (Wildman–Crippen MR) is 131 cm³/mol. The fourth-order valence-electron chi connectivity index (χ4n) is 3.71. The lowest BCUT2D eigenvalue weighted by molar-refractivity contribution is 0.219. The van der Waals surface area contributed by atoms with Crippen molar-refractivity contribution in [3.8, 4) is 11.3 Å². The average Bonchev–Trinajstić information content (AvgIpc) is 3.25. The number of aromatic nitrogens is 3. The number of aliphatic imine (C=N–C) groups is 1. The summed E-state index contributed by atoms with van der Waals surface area (Å²) in [5, 5.41) is 4.92. The first-order valence-electron chi connectivity index (χ1n) is 10.6. The topological polar surface area (TPSA) is 72.4 Å². The molecule has 1 saturated heterocycles. The number of hydrogen-bond acceptors (Lipinski definition) is 5. The fourth-order valence-corrected chi connectivity index (χ4v) is 3.90. The molecule has 0 radical (unpaired) electrons. The van der Waals surface area contributed by atoms with E-state index in [9.17, 15) is 0 Å². The van der Waals surface area contributed by atoms with Gasteiger partial charge in [0.15, 0.2) is 0 Å². The van der Waals surface area contributed by atoms with Crippen LogP contribution in [0.25, 0.3) is 22.3 Å². The van der Waals surface area contributed by atoms with Crippen molar-refractivity contribution in [3.05, 3.63) is 65.9 Å². The van der Waals surface area contributed by atoms with Crippen LogP contribution < -0.4 is 5.32 Å². The maximum atomic E-state index is 6.11. The summed E-state index contributed by atoms with van der Waals surface area (Å²) in [4.78, 5) is 21.4. The van der Waals surface area contributed by atoms with Gasteiger partial charge in [-0.3, -0.25) is 0 Å². The smallest absolute Gasteiger partial charge is 0.143 e. The van der Waals surface area contributed by atoms with E-state index in [0.29, 0.717) is 5.02 Å². The van der Waals surface area contributed by atoms with Gasteiger partial charge in [0.25, 0.3) is 0 Å². The van der Waals surface area contributed by atoms with Crippen LogP contribution in [0.2, 0.25) is 5.02 Å². The summed E-state index contributed by atoms with van der Waals surface area (Å²) in [7, 11) is 2.15. The van der Waals surface area contributed by atoms with Gasteiger partial charge < -0.3 is 20.1 Å². The molecule has 0 bridgehead atoms. The van der Waals surface area contributed by atoms with E-state index in [0.717, 1.165) is 65.7 Å². The third kappa shape index (κ3) is 4.59. The number of anilines is 2. The first-order valence-corrected chi connectivity index (χ1v) is 11.0. The van der Waals surface area contributed by atoms with Crippen LogP contribution in [0.5, 0.6) is 0 Å². The maximum Gasteiger partial charge on any atom is 0.143 e. The molecule has 8 heteroatoms. The molecule has 2 aromatic heterocycles. The molecule has 2 aromatic carbocycles. The number of nitrogens with zero attached hydrogens (tertiary/aromatic N) is 5. The van der Waals surface area contributed by atoms with Crippen molar-refractivity contribution < 1.29 is 0 Å². The van der Waals surface area contributed by atoms with Gasteiger partial charge in [0.05, 0.1) is 17.4 Å². The van der Waals surface area contributed by atoms with E-state index in [1.807, 2.05) is 42.7 Å². The lowest BCUT2D eigenvalue weighted by Crippen LogP contribution is -2.43. The lowest BCUT2D eigenvalue weighted by atomic mass is 10.1. The second-order valence-electron chi connectivity index (χ2n) is 7.93. The Morgan fingerprint density at radius 3 is 2.62 bits per heavy atom. The van der Waals surface area contributed by atoms with Crippen LogP contribution in [-0.4, -0.2) is 64.3 Å². The zero-order valence-corrected chi connectivity index (χ0v) is 18.5. The molecule has 1 aliphatic heterocycles. The van der Waals surface area contributed by atoms with Gasteiger partial charge in [0.2, 0.25) is 0 Å². The zero-order chi connectivity index (χ0) is 21.9. The average molecular weight is 446 g/mol. The van der Waals surface area contributed by atoms with Gasteiger partial charge in [-0.2, -0.15) is 0 Å². The summed E-state index contributed by atoms with van der Waals surface area (Å²) in [6, 6.07) is 17.8. The Morgan fingerprint density at radius 1 is 1.03 bits per heavy atom. The van der Waals surface area contributed by atoms with Gasteiger partial charge >= 0.3 is 0 Å². The molecule has 0 amide bonds. The third-order valence-corrected chi connectivity index (χ3v) is 5.83. The highest BCUT2D eigenvalue weighted by atomic mass is 35.5. The molecule has 2 N–H and O–H groups in total. The number of fused-ring (bicyclic) bond motifs is 1. The molecule has 7 nitrogen and oxygen atoms in total. The molecule has 0 saturated carbocycles. The van der Waals surface area contributed by atoms with E-state index in [-0.39, 0.29) is 0 Å². The number of H-pyrrole nitrogens is 1. The first-order chi connectivity index (χ1) is 15.6. The summed E-state index contributed by atoms with van der Waals surface area (Å²) in [5.41, 5.74) is 4.63. The van der Waals surface area contributed by atoms with Gasteiger partial charge in [0, 0.05) is 42.6 Å². The highest BCUT2D eigenvalue weighted by Crippen LogP contribution is 2.30. The van der Waals surface area contributed by atoms with Gasteiger partial charge in [-0.25, -0.2) is 15.0 Å². The Labute approximate surface area is 191 Å². The minimum absolute atomic E-state index is 0.672. The van der Waals surface area contributed by atoms with E-state index < -0.39 is 0 Å². The number of aromatic amines is 1. The van der Waals surface area contributed by atoms with E-state index in [1.165, 1.54) is 0 Å². The number of halogens is 1. The molecule has 1 fully saturated rings. The molecule has 0 spiro atoms. The van der Waals surface area contributed by atoms with Gasteiger partial charge in [-0.15, -0.1) is 0 Å². The Bertz CT molecular complexity index is 1240. The van der Waals surface area contributed by atoms with Crippen molar-refractivity contribution in [1.82, 2.24) is 24.8 Å². The number of piperazine rings is 1. The monoisotopic (exact) mass is 445 g/mol. The van der Waals surface area contributed by atoms with Crippen LogP contribution >= 0.6 is 11.6 Å². The molecule has 1 aliphatic rings. The second kappa shape index (κ2) is 8.98.